The van der Waals surface area contributed by atoms with Gasteiger partial charge in [-0.25, -0.2) is 8.78 Å². The molecule has 0 radical (unpaired) electrons. The lowest BCUT2D eigenvalue weighted by Gasteiger charge is -2.18. The number of amides is 1. The Balaban J connectivity index is 2.02. The first-order valence-corrected chi connectivity index (χ1v) is 6.91. The number of fused-ring (bicyclic) bond motifs is 1. The molecule has 0 spiro atoms. The maximum absolute atomic E-state index is 14.0. The van der Waals surface area contributed by atoms with E-state index in [2.05, 4.69) is 15.9 Å². The highest BCUT2D eigenvalue weighted by Crippen LogP contribution is 2.31. The number of halogens is 3. The maximum atomic E-state index is 14.0. The molecule has 0 N–H and O–H groups in total. The van der Waals surface area contributed by atoms with Crippen molar-refractivity contribution in [3.8, 4) is 0 Å². The van der Waals surface area contributed by atoms with Crippen LogP contribution in [-0.4, -0.2) is 12.5 Å². The predicted molar refractivity (Wildman–Crippen MR) is 75.9 cm³/mol. The van der Waals surface area contributed by atoms with Gasteiger partial charge in [0.1, 0.15) is 11.6 Å². The fourth-order valence-corrected chi connectivity index (χ4v) is 2.74. The molecule has 1 aliphatic rings. The minimum atomic E-state index is -0.595. The molecule has 0 fully saturated rings. The maximum Gasteiger partial charge on any atom is 0.261 e. The Kier molecular flexibility index (Phi) is 3.30. The summed E-state index contributed by atoms with van der Waals surface area (Å²) >= 11 is 3.06. The average molecular weight is 338 g/mol. The van der Waals surface area contributed by atoms with Crippen LogP contribution in [0.25, 0.3) is 0 Å². The highest BCUT2D eigenvalue weighted by molar-refractivity contribution is 9.10. The zero-order chi connectivity index (χ0) is 14.3. The lowest BCUT2D eigenvalue weighted by molar-refractivity contribution is 0.0985. The van der Waals surface area contributed by atoms with E-state index < -0.39 is 17.5 Å². The van der Waals surface area contributed by atoms with Crippen LogP contribution in [0.15, 0.2) is 40.9 Å². The Bertz CT molecular complexity index is 702. The minimum Gasteiger partial charge on any atom is -0.308 e. The molecule has 0 bridgehead atoms. The topological polar surface area (TPSA) is 20.3 Å². The van der Waals surface area contributed by atoms with Crippen molar-refractivity contribution in [3.63, 3.8) is 0 Å². The molecule has 2 aromatic rings. The molecule has 0 atom stereocenters. The second-order valence-electron chi connectivity index (χ2n) is 4.58. The van der Waals surface area contributed by atoms with Gasteiger partial charge < -0.3 is 4.90 Å². The summed E-state index contributed by atoms with van der Waals surface area (Å²) in [5, 5.41) is 0. The molecule has 3 rings (SSSR count). The molecule has 2 nitrogen and oxygen atoms in total. The van der Waals surface area contributed by atoms with Crippen LogP contribution in [0.4, 0.5) is 14.5 Å². The minimum absolute atomic E-state index is 0.0171. The second kappa shape index (κ2) is 4.98. The Hall–Kier alpha value is -1.75. The van der Waals surface area contributed by atoms with Crippen LogP contribution in [0.3, 0.4) is 0 Å². The van der Waals surface area contributed by atoms with Crippen molar-refractivity contribution in [3.05, 3.63) is 63.6 Å². The molecule has 0 aliphatic carbocycles. The molecule has 0 saturated carbocycles. The molecule has 0 unspecified atom stereocenters. The smallest absolute Gasteiger partial charge is 0.261 e. The summed E-state index contributed by atoms with van der Waals surface area (Å²) < 4.78 is 27.6. The van der Waals surface area contributed by atoms with E-state index in [-0.39, 0.29) is 10.0 Å². The zero-order valence-electron chi connectivity index (χ0n) is 10.4. The van der Waals surface area contributed by atoms with Crippen LogP contribution >= 0.6 is 15.9 Å². The molecule has 1 heterocycles. The first kappa shape index (κ1) is 13.2. The van der Waals surface area contributed by atoms with Crippen molar-refractivity contribution < 1.29 is 13.6 Å². The largest absolute Gasteiger partial charge is 0.308 e. The van der Waals surface area contributed by atoms with Crippen molar-refractivity contribution in [1.82, 2.24) is 0 Å². The van der Waals surface area contributed by atoms with Crippen LogP contribution in [0.5, 0.6) is 0 Å². The summed E-state index contributed by atoms with van der Waals surface area (Å²) in [5.74, 6) is -1.45. The fourth-order valence-electron chi connectivity index (χ4n) is 2.38. The Morgan fingerprint density at radius 2 is 2.00 bits per heavy atom. The number of carbonyl (C=O) groups excluding carboxylic acids is 1. The van der Waals surface area contributed by atoms with E-state index in [1.165, 1.54) is 29.2 Å². The van der Waals surface area contributed by atoms with Gasteiger partial charge in [0.05, 0.1) is 15.7 Å². The first-order valence-electron chi connectivity index (χ1n) is 6.12. The van der Waals surface area contributed by atoms with Gasteiger partial charge in [0.2, 0.25) is 0 Å². The van der Waals surface area contributed by atoms with Crippen LogP contribution in [0, 0.1) is 11.6 Å². The molecule has 1 aliphatic heterocycles. The van der Waals surface area contributed by atoms with Crippen molar-refractivity contribution in [2.75, 3.05) is 11.4 Å². The molecule has 20 heavy (non-hydrogen) atoms. The zero-order valence-corrected chi connectivity index (χ0v) is 12.0. The van der Waals surface area contributed by atoms with Gasteiger partial charge in [-0.3, -0.25) is 4.79 Å². The Morgan fingerprint density at radius 3 is 2.80 bits per heavy atom. The highest BCUT2D eigenvalue weighted by atomic mass is 79.9. The fraction of sp³-hybridized carbons (Fsp3) is 0.133. The van der Waals surface area contributed by atoms with Crippen molar-refractivity contribution >= 4 is 27.5 Å². The third kappa shape index (κ3) is 2.12. The molecular weight excluding hydrogens is 328 g/mol. The third-order valence-electron chi connectivity index (χ3n) is 3.37. The standard InChI is InChI=1S/C15H10BrF2NO/c16-12-3-1-2-11(14(12)18)15(20)19-7-6-9-4-5-10(17)8-13(9)19/h1-5,8H,6-7H2. The van der Waals surface area contributed by atoms with Crippen LogP contribution in [-0.2, 0) is 6.42 Å². The van der Waals surface area contributed by atoms with Gasteiger partial charge in [-0.05, 0) is 52.2 Å². The number of nitrogens with zero attached hydrogens (tertiary/aromatic N) is 1. The second-order valence-corrected chi connectivity index (χ2v) is 5.44. The van der Waals surface area contributed by atoms with Crippen LogP contribution < -0.4 is 4.90 Å². The lowest BCUT2D eigenvalue weighted by Crippen LogP contribution is -2.29. The van der Waals surface area contributed by atoms with Gasteiger partial charge in [-0.15, -0.1) is 0 Å². The average Bonchev–Trinajstić information content (AvgIpc) is 2.84. The Labute approximate surface area is 123 Å². The molecular formula is C15H10BrF2NO. The molecule has 0 aromatic heterocycles. The van der Waals surface area contributed by atoms with E-state index in [9.17, 15) is 13.6 Å². The molecule has 102 valence electrons. The summed E-state index contributed by atoms with van der Waals surface area (Å²) in [6.45, 7) is 0.434. The third-order valence-corrected chi connectivity index (χ3v) is 3.98. The number of carbonyl (C=O) groups is 1. The van der Waals surface area contributed by atoms with E-state index >= 15 is 0 Å². The SMILES string of the molecule is O=C(c1cccc(Br)c1F)N1CCc2ccc(F)cc21. The van der Waals surface area contributed by atoms with E-state index in [1.807, 2.05) is 0 Å². The van der Waals surface area contributed by atoms with Crippen molar-refractivity contribution in [1.29, 1.82) is 0 Å². The quantitative estimate of drug-likeness (QED) is 0.772. The van der Waals surface area contributed by atoms with Gasteiger partial charge in [-0.1, -0.05) is 12.1 Å². The normalized spacial score (nSPS) is 13.4. The molecule has 1 amide bonds. The van der Waals surface area contributed by atoms with E-state index in [0.717, 1.165) is 5.56 Å². The van der Waals surface area contributed by atoms with Crippen LogP contribution in [0.2, 0.25) is 0 Å². The van der Waals surface area contributed by atoms with E-state index in [4.69, 9.17) is 0 Å². The summed E-state index contributed by atoms with van der Waals surface area (Å²) in [7, 11) is 0. The van der Waals surface area contributed by atoms with Crippen molar-refractivity contribution in [2.24, 2.45) is 0 Å². The van der Waals surface area contributed by atoms with Gasteiger partial charge in [-0.2, -0.15) is 0 Å². The van der Waals surface area contributed by atoms with Gasteiger partial charge in [0.25, 0.3) is 5.91 Å². The Morgan fingerprint density at radius 1 is 1.20 bits per heavy atom. The van der Waals surface area contributed by atoms with Gasteiger partial charge in [0.15, 0.2) is 0 Å². The van der Waals surface area contributed by atoms with E-state index in [0.29, 0.717) is 18.7 Å². The summed E-state index contributed by atoms with van der Waals surface area (Å²) in [6.07, 6.45) is 0.650. The predicted octanol–water partition coefficient (Wildman–Crippen LogP) is 3.93. The monoisotopic (exact) mass is 337 g/mol. The van der Waals surface area contributed by atoms with Gasteiger partial charge >= 0.3 is 0 Å². The molecule has 0 saturated heterocycles. The number of hydrogen-bond acceptors (Lipinski definition) is 1. The summed E-state index contributed by atoms with van der Waals surface area (Å²) in [6, 6.07) is 8.91. The van der Waals surface area contributed by atoms with Gasteiger partial charge in [0, 0.05) is 6.54 Å². The van der Waals surface area contributed by atoms with Crippen molar-refractivity contribution in [2.45, 2.75) is 6.42 Å². The van der Waals surface area contributed by atoms with Crippen LogP contribution in [0.1, 0.15) is 15.9 Å². The lowest BCUT2D eigenvalue weighted by atomic mass is 10.1. The summed E-state index contributed by atoms with van der Waals surface area (Å²) in [4.78, 5) is 13.9. The number of hydrogen-bond donors (Lipinski definition) is 0. The number of anilines is 1. The number of rotatable bonds is 1. The van der Waals surface area contributed by atoms with E-state index in [1.54, 1.807) is 12.1 Å². The first-order chi connectivity index (χ1) is 9.58. The highest BCUT2D eigenvalue weighted by Gasteiger charge is 2.28. The molecule has 5 heteroatoms. The summed E-state index contributed by atoms with van der Waals surface area (Å²) in [5.41, 5.74) is 1.40. The molecule has 2 aromatic carbocycles. The number of benzene rings is 2.